The lowest BCUT2D eigenvalue weighted by Gasteiger charge is -2.25. The Hall–Kier alpha value is -5.60. The summed E-state index contributed by atoms with van der Waals surface area (Å²) in [5.41, 5.74) is 8.68. The molecule has 0 unspecified atom stereocenters. The van der Waals surface area contributed by atoms with Gasteiger partial charge in [0.05, 0.1) is 11.4 Å². The third kappa shape index (κ3) is 3.81. The highest BCUT2D eigenvalue weighted by Crippen LogP contribution is 2.53. The second-order valence-corrected chi connectivity index (χ2v) is 10.5. The average Bonchev–Trinajstić information content (AvgIpc) is 3.09. The summed E-state index contributed by atoms with van der Waals surface area (Å²) in [6.07, 6.45) is 3.77. The van der Waals surface area contributed by atoms with E-state index in [4.69, 9.17) is 9.97 Å². The Morgan fingerprint density at radius 2 is 0.643 bits per heavy atom. The van der Waals surface area contributed by atoms with Gasteiger partial charge in [-0.3, -0.25) is 9.97 Å². The second-order valence-electron chi connectivity index (χ2n) is 10.5. The van der Waals surface area contributed by atoms with Crippen molar-refractivity contribution in [3.8, 4) is 44.8 Å². The number of aromatic nitrogens is 2. The summed E-state index contributed by atoms with van der Waals surface area (Å²) in [7, 11) is 0. The smallest absolute Gasteiger partial charge is 0.0715 e. The molecular formula is C40H26N2. The summed E-state index contributed by atoms with van der Waals surface area (Å²) in [5.74, 6) is 0. The van der Waals surface area contributed by atoms with Gasteiger partial charge in [-0.15, -0.1) is 0 Å². The first kappa shape index (κ1) is 24.2. The van der Waals surface area contributed by atoms with Crippen LogP contribution in [0.5, 0.6) is 0 Å². The van der Waals surface area contributed by atoms with Crippen molar-refractivity contribution in [2.24, 2.45) is 0 Å². The summed E-state index contributed by atoms with van der Waals surface area (Å²) in [4.78, 5) is 9.96. The summed E-state index contributed by atoms with van der Waals surface area (Å²) in [5, 5.41) is 7.41. The molecule has 8 rings (SSSR count). The van der Waals surface area contributed by atoms with Crippen molar-refractivity contribution < 1.29 is 0 Å². The van der Waals surface area contributed by atoms with Crippen LogP contribution in [0, 0.1) is 0 Å². The number of nitrogens with zero attached hydrogens (tertiary/aromatic N) is 2. The molecule has 8 aromatic rings. The maximum Gasteiger partial charge on any atom is 0.0715 e. The third-order valence-corrected chi connectivity index (χ3v) is 8.15. The fraction of sp³-hybridized carbons (Fsp3) is 0. The number of benzene rings is 6. The van der Waals surface area contributed by atoms with Gasteiger partial charge in [-0.2, -0.15) is 0 Å². The number of rotatable bonds is 4. The molecule has 0 fully saturated rings. The van der Waals surface area contributed by atoms with Crippen molar-refractivity contribution in [1.29, 1.82) is 0 Å². The van der Waals surface area contributed by atoms with Crippen molar-refractivity contribution in [3.63, 3.8) is 0 Å². The molecule has 0 amide bonds. The van der Waals surface area contributed by atoms with Crippen molar-refractivity contribution in [2.45, 2.75) is 0 Å². The van der Waals surface area contributed by atoms with Gasteiger partial charge in [0.15, 0.2) is 0 Å². The van der Waals surface area contributed by atoms with Crippen LogP contribution in [0.25, 0.3) is 77.1 Å². The molecule has 0 N–H and O–H groups in total. The quantitative estimate of drug-likeness (QED) is 0.210. The van der Waals surface area contributed by atoms with Gasteiger partial charge in [0.2, 0.25) is 0 Å². The van der Waals surface area contributed by atoms with E-state index in [2.05, 4.69) is 133 Å². The van der Waals surface area contributed by atoms with Crippen molar-refractivity contribution >= 4 is 32.3 Å². The minimum absolute atomic E-state index is 0.924. The zero-order valence-corrected chi connectivity index (χ0v) is 22.9. The third-order valence-electron chi connectivity index (χ3n) is 8.15. The van der Waals surface area contributed by atoms with E-state index in [9.17, 15) is 0 Å². The Kier molecular flexibility index (Phi) is 5.82. The molecule has 0 aliphatic rings. The standard InChI is InChI=1S/C40H26N2/c1-3-15-27(16-4-1)35-37-31-21-9-7-19-29(31)30-20-8-10-22-32(30)38(37)36(28-17-5-2-6-18-28)40(34-24-12-14-26-42-34)39(35)33-23-11-13-25-41-33/h1-26H. The van der Waals surface area contributed by atoms with E-state index in [0.29, 0.717) is 0 Å². The van der Waals surface area contributed by atoms with E-state index in [1.807, 2.05) is 24.5 Å². The molecule has 0 aliphatic carbocycles. The highest BCUT2D eigenvalue weighted by atomic mass is 14.7. The molecule has 42 heavy (non-hydrogen) atoms. The van der Waals surface area contributed by atoms with Crippen molar-refractivity contribution in [1.82, 2.24) is 9.97 Å². The maximum atomic E-state index is 4.98. The Balaban J connectivity index is 1.78. The van der Waals surface area contributed by atoms with E-state index in [1.54, 1.807) is 0 Å². The van der Waals surface area contributed by atoms with Crippen LogP contribution in [0.4, 0.5) is 0 Å². The zero-order chi connectivity index (χ0) is 27.9. The van der Waals surface area contributed by atoms with Crippen LogP contribution in [-0.2, 0) is 0 Å². The SMILES string of the molecule is c1ccc(-c2c(-c3ccccn3)c(-c3ccccn3)c(-c3ccccc3)c3c4ccccc4c4ccccc4c23)cc1. The minimum atomic E-state index is 0.924. The average molecular weight is 535 g/mol. The summed E-state index contributed by atoms with van der Waals surface area (Å²) < 4.78 is 0. The molecule has 0 spiro atoms. The van der Waals surface area contributed by atoms with Gasteiger partial charge in [0, 0.05) is 34.6 Å². The van der Waals surface area contributed by atoms with Crippen molar-refractivity contribution in [3.05, 3.63) is 158 Å². The molecule has 0 saturated heterocycles. The normalized spacial score (nSPS) is 11.3. The zero-order valence-electron chi connectivity index (χ0n) is 22.9. The molecular weight excluding hydrogens is 508 g/mol. The van der Waals surface area contributed by atoms with E-state index in [1.165, 1.54) is 43.4 Å². The van der Waals surface area contributed by atoms with Crippen LogP contribution in [0.3, 0.4) is 0 Å². The molecule has 2 heterocycles. The lowest BCUT2D eigenvalue weighted by molar-refractivity contribution is 1.30. The Morgan fingerprint density at radius 1 is 0.286 bits per heavy atom. The van der Waals surface area contributed by atoms with Gasteiger partial charge in [-0.25, -0.2) is 0 Å². The van der Waals surface area contributed by atoms with Crippen LogP contribution >= 0.6 is 0 Å². The van der Waals surface area contributed by atoms with Gasteiger partial charge in [-0.05, 0) is 67.7 Å². The predicted molar refractivity (Wildman–Crippen MR) is 176 cm³/mol. The van der Waals surface area contributed by atoms with Crippen LogP contribution in [0.15, 0.2) is 158 Å². The number of fused-ring (bicyclic) bond motifs is 6. The first-order chi connectivity index (χ1) is 20.9. The van der Waals surface area contributed by atoms with Crippen LogP contribution < -0.4 is 0 Å². The molecule has 2 heteroatoms. The number of hydrogen-bond donors (Lipinski definition) is 0. The molecule has 0 atom stereocenters. The highest BCUT2D eigenvalue weighted by molar-refractivity contribution is 6.35. The first-order valence-electron chi connectivity index (χ1n) is 14.3. The van der Waals surface area contributed by atoms with Gasteiger partial charge in [0.25, 0.3) is 0 Å². The Morgan fingerprint density at radius 3 is 1.02 bits per heavy atom. The molecule has 196 valence electrons. The Bertz CT molecular complexity index is 2050. The van der Waals surface area contributed by atoms with E-state index in [0.717, 1.165) is 33.6 Å². The van der Waals surface area contributed by atoms with E-state index >= 15 is 0 Å². The highest BCUT2D eigenvalue weighted by Gasteiger charge is 2.27. The van der Waals surface area contributed by atoms with Crippen molar-refractivity contribution in [2.75, 3.05) is 0 Å². The lowest BCUT2D eigenvalue weighted by Crippen LogP contribution is -2.00. The molecule has 6 aromatic carbocycles. The van der Waals surface area contributed by atoms with Crippen LogP contribution in [0.2, 0.25) is 0 Å². The van der Waals surface area contributed by atoms with Crippen LogP contribution in [-0.4, -0.2) is 9.97 Å². The molecule has 2 aromatic heterocycles. The maximum absolute atomic E-state index is 4.98. The minimum Gasteiger partial charge on any atom is -0.256 e. The number of hydrogen-bond acceptors (Lipinski definition) is 2. The fourth-order valence-electron chi connectivity index (χ4n) is 6.48. The summed E-state index contributed by atoms with van der Waals surface area (Å²) in [6.45, 7) is 0. The summed E-state index contributed by atoms with van der Waals surface area (Å²) in [6, 6.07) is 51.5. The van der Waals surface area contributed by atoms with Gasteiger partial charge >= 0.3 is 0 Å². The summed E-state index contributed by atoms with van der Waals surface area (Å²) >= 11 is 0. The van der Waals surface area contributed by atoms with E-state index in [-0.39, 0.29) is 0 Å². The van der Waals surface area contributed by atoms with Gasteiger partial charge in [-0.1, -0.05) is 121 Å². The van der Waals surface area contributed by atoms with Gasteiger partial charge < -0.3 is 0 Å². The largest absolute Gasteiger partial charge is 0.256 e. The molecule has 0 aliphatic heterocycles. The molecule has 0 saturated carbocycles. The molecule has 2 nitrogen and oxygen atoms in total. The number of pyridine rings is 2. The van der Waals surface area contributed by atoms with E-state index < -0.39 is 0 Å². The molecule has 0 radical (unpaired) electrons. The van der Waals surface area contributed by atoms with Gasteiger partial charge in [0.1, 0.15) is 0 Å². The first-order valence-corrected chi connectivity index (χ1v) is 14.3. The molecule has 0 bridgehead atoms. The monoisotopic (exact) mass is 534 g/mol. The lowest BCUT2D eigenvalue weighted by atomic mass is 9.78. The Labute approximate surface area is 244 Å². The second kappa shape index (κ2) is 10.1. The fourth-order valence-corrected chi connectivity index (χ4v) is 6.48. The predicted octanol–water partition coefficient (Wildman–Crippen LogP) is 10.6. The topological polar surface area (TPSA) is 25.8 Å². The van der Waals surface area contributed by atoms with Crippen LogP contribution in [0.1, 0.15) is 0 Å².